The summed E-state index contributed by atoms with van der Waals surface area (Å²) in [6.07, 6.45) is 36.9. The predicted molar refractivity (Wildman–Crippen MR) is 186 cm³/mol. The van der Waals surface area contributed by atoms with Crippen LogP contribution in [0, 0.1) is 80.9 Å². The molecule has 16 bridgehead atoms. The van der Waals surface area contributed by atoms with Crippen molar-refractivity contribution in [1.29, 1.82) is 0 Å². The van der Waals surface area contributed by atoms with Gasteiger partial charge in [-0.25, -0.2) is 0 Å². The molecule has 0 N–H and O–H groups in total. The zero-order valence-corrected chi connectivity index (χ0v) is 30.0. The Morgan fingerprint density at radius 1 is 0.333 bits per heavy atom. The molecule has 0 radical (unpaired) electrons. The van der Waals surface area contributed by atoms with Gasteiger partial charge in [0.2, 0.25) is 0 Å². The van der Waals surface area contributed by atoms with Gasteiger partial charge >= 0.3 is 7.80 Å². The molecule has 0 amide bonds. The van der Waals surface area contributed by atoms with Crippen molar-refractivity contribution in [2.75, 3.05) is 0 Å². The fourth-order valence-electron chi connectivity index (χ4n) is 18.2. The smallest absolute Gasteiger partial charge is 0.109 e. The molecule has 0 spiro atoms. The van der Waals surface area contributed by atoms with Crippen LogP contribution in [-0.4, -0.2) is 20.6 Å². The molecule has 0 aromatic carbocycles. The molecule has 5 heteroatoms. The first-order valence-electron chi connectivity index (χ1n) is 20.2. The summed E-state index contributed by atoms with van der Waals surface area (Å²) >= 11 is 0. The van der Waals surface area contributed by atoms with E-state index in [-0.39, 0.29) is 0 Å². The van der Waals surface area contributed by atoms with E-state index in [0.29, 0.717) is 10.3 Å². The van der Waals surface area contributed by atoms with Crippen molar-refractivity contribution in [3.05, 3.63) is 9.93 Å². The lowest BCUT2D eigenvalue weighted by atomic mass is 9.55. The molecule has 16 aliphatic carbocycles. The van der Waals surface area contributed by atoms with E-state index in [1.807, 2.05) is 0 Å². The van der Waals surface area contributed by atoms with E-state index in [2.05, 4.69) is 0 Å². The highest BCUT2D eigenvalue weighted by atomic mass is 31.1. The Labute approximate surface area is 275 Å². The monoisotopic (exact) mass is 651 g/mol. The molecule has 0 aliphatic heterocycles. The van der Waals surface area contributed by atoms with E-state index in [1.54, 1.807) is 77.0 Å². The third-order valence-corrected chi connectivity index (χ3v) is 22.6. The average Bonchev–Trinajstić information content (AvgIpc) is 2.95. The maximum atomic E-state index is 14.1. The highest BCUT2D eigenvalue weighted by Gasteiger charge is 2.70. The molecular formula is C40H61O3P2+. The van der Waals surface area contributed by atoms with Crippen LogP contribution in [0.5, 0.6) is 0 Å². The quantitative estimate of drug-likeness (QED) is 0.284. The third kappa shape index (κ3) is 4.92. The van der Waals surface area contributed by atoms with Gasteiger partial charge < -0.3 is 0 Å². The Balaban J connectivity index is 0.000000112. The zero-order chi connectivity index (χ0) is 30.2. The minimum absolute atomic E-state index is 0.315. The molecule has 0 aromatic rings. The van der Waals surface area contributed by atoms with Gasteiger partial charge in [-0.1, -0.05) is 4.57 Å². The Morgan fingerprint density at radius 2 is 0.511 bits per heavy atom. The number of rotatable bonds is 4. The van der Waals surface area contributed by atoms with Crippen molar-refractivity contribution < 1.29 is 4.57 Å². The van der Waals surface area contributed by atoms with Gasteiger partial charge in [0.1, 0.15) is 0 Å². The van der Waals surface area contributed by atoms with E-state index in [1.165, 1.54) is 85.6 Å². The fraction of sp³-hybridized carbons (Fsp3) is 1.00. The van der Waals surface area contributed by atoms with Crippen LogP contribution in [0.2, 0.25) is 0 Å². The maximum absolute atomic E-state index is 14.1. The van der Waals surface area contributed by atoms with Crippen LogP contribution in [0.3, 0.4) is 0 Å². The molecule has 0 saturated heterocycles. The maximum Gasteiger partial charge on any atom is 0.351 e. The molecule has 0 heterocycles. The summed E-state index contributed by atoms with van der Waals surface area (Å²) in [6.45, 7) is 0. The molecule has 0 aromatic heterocycles. The summed E-state index contributed by atoms with van der Waals surface area (Å²) < 4.78 is 14.1. The Morgan fingerprint density at radius 3 is 0.711 bits per heavy atom. The average molecular weight is 652 g/mol. The molecule has 3 nitrogen and oxygen atoms in total. The van der Waals surface area contributed by atoms with Crippen molar-refractivity contribution in [2.24, 2.45) is 71.0 Å². The first-order valence-corrected chi connectivity index (χ1v) is 22.5. The van der Waals surface area contributed by atoms with Crippen LogP contribution in [0.1, 0.15) is 154 Å². The minimum atomic E-state index is -0.979. The summed E-state index contributed by atoms with van der Waals surface area (Å²) in [5.41, 5.74) is 0. The third-order valence-electron chi connectivity index (χ3n) is 17.5. The molecule has 16 aliphatic rings. The molecule has 45 heavy (non-hydrogen) atoms. The van der Waals surface area contributed by atoms with Crippen molar-refractivity contribution in [3.8, 4) is 0 Å². The molecule has 16 rings (SSSR count). The number of hydrogen-bond acceptors (Lipinski definition) is 3. The van der Waals surface area contributed by atoms with Gasteiger partial charge in [0.25, 0.3) is 0 Å². The van der Waals surface area contributed by atoms with E-state index >= 15 is 0 Å². The van der Waals surface area contributed by atoms with Gasteiger partial charge in [-0.15, -0.1) is 8.58 Å². The SMILES string of the molecule is C1C2CC3CC1CC(PC14CC5CC(CC(C5)C1)C4)(C2)C3.O=O.O=[P+](C12CC3CC(CC(C3)C1)C2)C12CC3CC(CC(C3)C1)C2. The minimum Gasteiger partial charge on any atom is -0.109 e. The molecular weight excluding hydrogens is 590 g/mol. The highest BCUT2D eigenvalue weighted by Crippen LogP contribution is 2.75. The fourth-order valence-corrected chi connectivity index (χ4v) is 25.2. The second kappa shape index (κ2) is 10.6. The first-order chi connectivity index (χ1) is 21.8. The lowest BCUT2D eigenvalue weighted by Crippen LogP contribution is -2.54. The van der Waals surface area contributed by atoms with Crippen LogP contribution in [0.4, 0.5) is 0 Å². The van der Waals surface area contributed by atoms with Crippen LogP contribution in [0.15, 0.2) is 0 Å². The normalized spacial score (nSPS) is 60.1. The zero-order valence-electron chi connectivity index (χ0n) is 28.1. The van der Waals surface area contributed by atoms with Gasteiger partial charge in [-0.2, -0.15) is 0 Å². The Kier molecular flexibility index (Phi) is 7.05. The lowest BCUT2D eigenvalue weighted by molar-refractivity contribution is 0.0165. The summed E-state index contributed by atoms with van der Waals surface area (Å²) in [4.78, 5) is 14.0. The summed E-state index contributed by atoms with van der Waals surface area (Å²) in [5, 5.41) is 2.38. The second-order valence-corrected chi connectivity index (χ2v) is 26.0. The topological polar surface area (TPSA) is 51.2 Å². The van der Waals surface area contributed by atoms with Crippen LogP contribution < -0.4 is 0 Å². The molecule has 16 saturated carbocycles. The van der Waals surface area contributed by atoms with Crippen molar-refractivity contribution >= 4 is 16.4 Å². The van der Waals surface area contributed by atoms with Gasteiger partial charge in [-0.3, -0.25) is 0 Å². The van der Waals surface area contributed by atoms with Crippen LogP contribution in [0.25, 0.3) is 0 Å². The molecule has 16 fully saturated rings. The van der Waals surface area contributed by atoms with Gasteiger partial charge in [0, 0.05) is 9.93 Å². The number of hydrogen-bond donors (Lipinski definition) is 0. The largest absolute Gasteiger partial charge is 0.351 e. The lowest BCUT2D eigenvalue weighted by Gasteiger charge is -2.63. The van der Waals surface area contributed by atoms with E-state index < -0.39 is 7.80 Å². The summed E-state index contributed by atoms with van der Waals surface area (Å²) in [6, 6.07) is 0. The second-order valence-electron chi connectivity index (χ2n) is 21.1. The standard InChI is InChI=1S/C20H30OP.C20H31P.O2/c21-22(19-7-13-1-14(8-19)3-15(2-13)9-19)20-10-16-4-17(11-20)6-18(5-16)12-20;1-13-2-15-3-14(1)8-19(7-13,9-15)21-20-10-16-4-17(11-20)6-18(5-16)12-20;1-2/h13-18H,1-12H2;13-18,21H,1-12H2;/q+1;;. The van der Waals surface area contributed by atoms with Gasteiger partial charge in [0.15, 0.2) is 10.3 Å². The Hall–Kier alpha value is 0.130. The molecule has 0 atom stereocenters. The van der Waals surface area contributed by atoms with Crippen LogP contribution in [-0.2, 0) is 4.57 Å². The van der Waals surface area contributed by atoms with E-state index in [0.717, 1.165) is 81.3 Å². The van der Waals surface area contributed by atoms with E-state index in [9.17, 15) is 4.57 Å². The summed E-state index contributed by atoms with van der Waals surface area (Å²) in [7, 11) is 0.400. The van der Waals surface area contributed by atoms with Crippen molar-refractivity contribution in [1.82, 2.24) is 0 Å². The first kappa shape index (κ1) is 30.0. The molecule has 0 unspecified atom stereocenters. The summed E-state index contributed by atoms with van der Waals surface area (Å²) in [5.74, 6) is 12.7. The van der Waals surface area contributed by atoms with Crippen molar-refractivity contribution in [2.45, 2.75) is 175 Å². The van der Waals surface area contributed by atoms with Gasteiger partial charge in [0.05, 0.1) is 0 Å². The van der Waals surface area contributed by atoms with E-state index in [4.69, 9.17) is 9.93 Å². The highest BCUT2D eigenvalue weighted by molar-refractivity contribution is 7.48. The predicted octanol–water partition coefficient (Wildman–Crippen LogP) is 11.4. The van der Waals surface area contributed by atoms with Crippen LogP contribution >= 0.6 is 16.4 Å². The Bertz CT molecular complexity index is 979. The molecule has 248 valence electrons. The van der Waals surface area contributed by atoms with Gasteiger partial charge in [-0.05, 0) is 235 Å². The van der Waals surface area contributed by atoms with Crippen molar-refractivity contribution in [3.63, 3.8) is 0 Å².